The van der Waals surface area contributed by atoms with Gasteiger partial charge in [0.2, 0.25) is 17.8 Å². The van der Waals surface area contributed by atoms with Gasteiger partial charge in [-0.05, 0) is 6.92 Å². The van der Waals surface area contributed by atoms with Crippen molar-refractivity contribution in [3.05, 3.63) is 0 Å². The lowest BCUT2D eigenvalue weighted by Gasteiger charge is -2.06. The molecule has 0 aliphatic rings. The summed E-state index contributed by atoms with van der Waals surface area (Å²) in [6, 6.07) is 0.134. The highest BCUT2D eigenvalue weighted by Crippen LogP contribution is 2.08. The minimum absolute atomic E-state index is 0.0397. The Balaban J connectivity index is 2.68. The van der Waals surface area contributed by atoms with E-state index >= 15 is 0 Å². The smallest absolute Gasteiger partial charge is 0.323 e. The van der Waals surface area contributed by atoms with E-state index in [9.17, 15) is 4.79 Å². The van der Waals surface area contributed by atoms with Crippen LogP contribution in [0, 0.1) is 0 Å². The van der Waals surface area contributed by atoms with Crippen LogP contribution in [-0.4, -0.2) is 41.1 Å². The predicted molar refractivity (Wildman–Crippen MR) is 58.0 cm³/mol. The fraction of sp³-hybridized carbons (Fsp3) is 0.500. The van der Waals surface area contributed by atoms with E-state index in [1.807, 2.05) is 0 Å². The van der Waals surface area contributed by atoms with Gasteiger partial charge in [0.05, 0.1) is 13.2 Å². The normalized spacial score (nSPS) is 9.62. The van der Waals surface area contributed by atoms with E-state index in [0.29, 0.717) is 6.61 Å². The van der Waals surface area contributed by atoms with Gasteiger partial charge in [-0.3, -0.25) is 4.79 Å². The van der Waals surface area contributed by atoms with Gasteiger partial charge in [0.15, 0.2) is 0 Å². The van der Waals surface area contributed by atoms with Crippen LogP contribution in [0.2, 0.25) is 0 Å². The van der Waals surface area contributed by atoms with Gasteiger partial charge in [0, 0.05) is 7.05 Å². The molecule has 88 valence electrons. The number of carbonyl (C=O) groups excluding carboxylic acids is 1. The lowest BCUT2D eigenvalue weighted by Crippen LogP contribution is -2.27. The summed E-state index contributed by atoms with van der Waals surface area (Å²) in [7, 11) is 1.54. The molecular formula is C8H14N6O2. The summed E-state index contributed by atoms with van der Waals surface area (Å²) >= 11 is 0. The third-order valence-electron chi connectivity index (χ3n) is 1.59. The van der Waals surface area contributed by atoms with Crippen LogP contribution in [0.5, 0.6) is 6.01 Å². The van der Waals surface area contributed by atoms with Crippen molar-refractivity contribution < 1.29 is 9.53 Å². The predicted octanol–water partition coefficient (Wildman–Crippen LogP) is -0.990. The van der Waals surface area contributed by atoms with E-state index in [1.54, 1.807) is 6.92 Å². The zero-order chi connectivity index (χ0) is 12.0. The lowest BCUT2D eigenvalue weighted by atomic mass is 10.6. The molecule has 8 nitrogen and oxygen atoms in total. The van der Waals surface area contributed by atoms with Gasteiger partial charge < -0.3 is 21.1 Å². The Morgan fingerprint density at radius 1 is 1.44 bits per heavy atom. The quantitative estimate of drug-likeness (QED) is 0.590. The standard InChI is InChI=1S/C8H14N6O2/c1-3-16-8-13-6(9)12-7(14-8)11-4-5(15)10-2/h3-4H2,1-2H3,(H,10,15)(H3,9,11,12,13,14). The first kappa shape index (κ1) is 12.0. The maximum absolute atomic E-state index is 11.0. The topological polar surface area (TPSA) is 115 Å². The molecule has 0 saturated heterocycles. The number of hydrogen-bond acceptors (Lipinski definition) is 7. The maximum Gasteiger partial charge on any atom is 0.323 e. The van der Waals surface area contributed by atoms with Gasteiger partial charge in [-0.1, -0.05) is 0 Å². The van der Waals surface area contributed by atoms with Crippen LogP contribution in [0.25, 0.3) is 0 Å². The molecule has 4 N–H and O–H groups in total. The number of likely N-dealkylation sites (N-methyl/N-ethyl adjacent to an activating group) is 1. The van der Waals surface area contributed by atoms with Gasteiger partial charge in [-0.25, -0.2) is 0 Å². The number of nitrogens with two attached hydrogens (primary N) is 1. The van der Waals surface area contributed by atoms with Crippen molar-refractivity contribution in [3.63, 3.8) is 0 Å². The fourth-order valence-electron chi connectivity index (χ4n) is 0.893. The van der Waals surface area contributed by atoms with Gasteiger partial charge in [-0.15, -0.1) is 0 Å². The van der Waals surface area contributed by atoms with Crippen LogP contribution < -0.4 is 21.1 Å². The molecule has 0 unspecified atom stereocenters. The molecule has 1 aromatic heterocycles. The van der Waals surface area contributed by atoms with Gasteiger partial charge in [0.25, 0.3) is 0 Å². The monoisotopic (exact) mass is 226 g/mol. The Morgan fingerprint density at radius 2 is 2.19 bits per heavy atom. The Kier molecular flexibility index (Phi) is 4.25. The SMILES string of the molecule is CCOc1nc(N)nc(NCC(=O)NC)n1. The van der Waals surface area contributed by atoms with Crippen molar-refractivity contribution in [2.24, 2.45) is 0 Å². The molecule has 0 aromatic carbocycles. The first-order chi connectivity index (χ1) is 7.65. The Bertz CT molecular complexity index is 370. The van der Waals surface area contributed by atoms with Crippen molar-refractivity contribution in [2.75, 3.05) is 31.2 Å². The molecule has 0 atom stereocenters. The number of carbonyl (C=O) groups is 1. The average Bonchev–Trinajstić information content (AvgIpc) is 2.25. The molecule has 0 fully saturated rings. The zero-order valence-corrected chi connectivity index (χ0v) is 9.15. The molecule has 0 aliphatic carbocycles. The van der Waals surface area contributed by atoms with Crippen LogP contribution >= 0.6 is 0 Å². The molecule has 0 radical (unpaired) electrons. The van der Waals surface area contributed by atoms with E-state index in [0.717, 1.165) is 0 Å². The summed E-state index contributed by atoms with van der Waals surface area (Å²) in [5.41, 5.74) is 5.45. The molecule has 0 spiro atoms. The van der Waals surface area contributed by atoms with Gasteiger partial charge >= 0.3 is 6.01 Å². The first-order valence-electron chi connectivity index (χ1n) is 4.74. The molecule has 1 heterocycles. The molecule has 16 heavy (non-hydrogen) atoms. The fourth-order valence-corrected chi connectivity index (χ4v) is 0.893. The Morgan fingerprint density at radius 3 is 2.81 bits per heavy atom. The second-order valence-corrected chi connectivity index (χ2v) is 2.76. The van der Waals surface area contributed by atoms with Gasteiger partial charge in [0.1, 0.15) is 0 Å². The van der Waals surface area contributed by atoms with E-state index in [2.05, 4.69) is 25.6 Å². The Hall–Kier alpha value is -2.12. The number of nitrogens with one attached hydrogen (secondary N) is 2. The molecule has 0 saturated carbocycles. The highest BCUT2D eigenvalue weighted by molar-refractivity contribution is 5.79. The van der Waals surface area contributed by atoms with Crippen molar-refractivity contribution in [3.8, 4) is 6.01 Å². The number of hydrogen-bond donors (Lipinski definition) is 3. The molecule has 1 aromatic rings. The van der Waals surface area contributed by atoms with Crippen molar-refractivity contribution in [1.82, 2.24) is 20.3 Å². The number of nitrogens with zero attached hydrogens (tertiary/aromatic N) is 3. The van der Waals surface area contributed by atoms with Crippen molar-refractivity contribution in [1.29, 1.82) is 0 Å². The second-order valence-electron chi connectivity index (χ2n) is 2.76. The molecular weight excluding hydrogens is 212 g/mol. The molecule has 0 bridgehead atoms. The number of anilines is 2. The summed E-state index contributed by atoms with van der Waals surface area (Å²) in [4.78, 5) is 22.5. The number of aromatic nitrogens is 3. The summed E-state index contributed by atoms with van der Waals surface area (Å²) in [5, 5.41) is 5.16. The number of rotatable bonds is 5. The Labute approximate surface area is 92.6 Å². The van der Waals surface area contributed by atoms with Crippen LogP contribution in [0.3, 0.4) is 0 Å². The van der Waals surface area contributed by atoms with Crippen LogP contribution in [0.4, 0.5) is 11.9 Å². The average molecular weight is 226 g/mol. The molecule has 8 heteroatoms. The lowest BCUT2D eigenvalue weighted by molar-refractivity contribution is -0.118. The highest BCUT2D eigenvalue weighted by Gasteiger charge is 2.05. The number of ether oxygens (including phenoxy) is 1. The second kappa shape index (κ2) is 5.69. The maximum atomic E-state index is 11.0. The number of nitrogen functional groups attached to an aromatic ring is 1. The van der Waals surface area contributed by atoms with Gasteiger partial charge in [-0.2, -0.15) is 15.0 Å². The van der Waals surface area contributed by atoms with Crippen LogP contribution in [-0.2, 0) is 4.79 Å². The molecule has 1 rings (SSSR count). The minimum Gasteiger partial charge on any atom is -0.464 e. The third-order valence-corrected chi connectivity index (χ3v) is 1.59. The molecule has 0 aliphatic heterocycles. The highest BCUT2D eigenvalue weighted by atomic mass is 16.5. The van der Waals surface area contributed by atoms with Crippen molar-refractivity contribution in [2.45, 2.75) is 6.92 Å². The summed E-state index contributed by atoms with van der Waals surface area (Å²) in [5.74, 6) is 0.0642. The summed E-state index contributed by atoms with van der Waals surface area (Å²) in [6.45, 7) is 2.29. The molecule has 1 amide bonds. The largest absolute Gasteiger partial charge is 0.464 e. The van der Waals surface area contributed by atoms with Crippen molar-refractivity contribution >= 4 is 17.8 Å². The number of amides is 1. The first-order valence-corrected chi connectivity index (χ1v) is 4.74. The minimum atomic E-state index is -0.183. The summed E-state index contributed by atoms with van der Waals surface area (Å²) in [6.07, 6.45) is 0. The van der Waals surface area contributed by atoms with Crippen LogP contribution in [0.15, 0.2) is 0 Å². The third kappa shape index (κ3) is 3.56. The van der Waals surface area contributed by atoms with E-state index in [4.69, 9.17) is 10.5 Å². The van der Waals surface area contributed by atoms with Crippen LogP contribution in [0.1, 0.15) is 6.92 Å². The van der Waals surface area contributed by atoms with E-state index < -0.39 is 0 Å². The zero-order valence-electron chi connectivity index (χ0n) is 9.15. The van der Waals surface area contributed by atoms with E-state index in [1.165, 1.54) is 7.05 Å². The summed E-state index contributed by atoms with van der Waals surface area (Å²) < 4.78 is 5.08. The van der Waals surface area contributed by atoms with E-state index in [-0.39, 0.29) is 30.4 Å².